The Kier molecular flexibility index (Phi) is 4.28. The molecule has 0 saturated heterocycles. The summed E-state index contributed by atoms with van der Waals surface area (Å²) in [5.41, 5.74) is 1.68. The second kappa shape index (κ2) is 6.48. The number of aryl methyl sites for hydroxylation is 1. The van der Waals surface area contributed by atoms with Crippen molar-refractivity contribution in [2.75, 3.05) is 11.4 Å². The van der Waals surface area contributed by atoms with Crippen LogP contribution in [0.3, 0.4) is 0 Å². The van der Waals surface area contributed by atoms with Crippen LogP contribution in [-0.4, -0.2) is 32.2 Å². The molecule has 132 valence electrons. The third-order valence-corrected chi connectivity index (χ3v) is 6.46. The van der Waals surface area contributed by atoms with E-state index in [1.165, 1.54) is 11.3 Å². The van der Waals surface area contributed by atoms with E-state index in [2.05, 4.69) is 34.9 Å². The normalized spacial score (nSPS) is 15.6. The fourth-order valence-electron chi connectivity index (χ4n) is 2.97. The number of carbonyl (C=O) groups excluding carboxylic acids is 1. The maximum Gasteiger partial charge on any atom is 0.270 e. The maximum atomic E-state index is 13.4. The maximum absolute atomic E-state index is 13.4. The number of nitrogens with zero attached hydrogens (tertiary/aromatic N) is 4. The van der Waals surface area contributed by atoms with Gasteiger partial charge < -0.3 is 4.90 Å². The molecular formula is C19H18N4OS2. The molecule has 0 unspecified atom stereocenters. The van der Waals surface area contributed by atoms with Crippen molar-refractivity contribution in [1.29, 1.82) is 0 Å². The molecule has 7 heteroatoms. The van der Waals surface area contributed by atoms with Gasteiger partial charge in [-0.2, -0.15) is 0 Å². The number of carbonyl (C=O) groups is 1. The van der Waals surface area contributed by atoms with Crippen molar-refractivity contribution >= 4 is 34.7 Å². The van der Waals surface area contributed by atoms with E-state index in [1.807, 2.05) is 41.8 Å². The largest absolute Gasteiger partial charge is 0.305 e. The number of hydrogen-bond donors (Lipinski definition) is 0. The molecule has 0 fully saturated rings. The minimum absolute atomic E-state index is 0.0111. The summed E-state index contributed by atoms with van der Waals surface area (Å²) in [7, 11) is 0. The molecule has 0 aliphatic carbocycles. The molecule has 3 heterocycles. The van der Waals surface area contributed by atoms with Crippen LogP contribution < -0.4 is 4.90 Å². The summed E-state index contributed by atoms with van der Waals surface area (Å²) in [5, 5.41) is 0.672. The Morgan fingerprint density at radius 3 is 2.65 bits per heavy atom. The first-order valence-corrected chi connectivity index (χ1v) is 9.93. The average molecular weight is 383 g/mol. The summed E-state index contributed by atoms with van der Waals surface area (Å²) < 4.78 is -0.0476. The number of thiazole rings is 1. The summed E-state index contributed by atoms with van der Waals surface area (Å²) >= 11 is 3.17. The van der Waals surface area contributed by atoms with Crippen LogP contribution in [0.5, 0.6) is 0 Å². The van der Waals surface area contributed by atoms with Gasteiger partial charge in [0.2, 0.25) is 0 Å². The Hall–Kier alpha value is -2.25. The van der Waals surface area contributed by atoms with Crippen molar-refractivity contribution in [1.82, 2.24) is 15.0 Å². The topological polar surface area (TPSA) is 59.0 Å². The molecule has 0 saturated carbocycles. The number of hydrogen-bond acceptors (Lipinski definition) is 6. The van der Waals surface area contributed by atoms with Crippen LogP contribution >= 0.6 is 23.1 Å². The van der Waals surface area contributed by atoms with Crippen molar-refractivity contribution in [3.05, 3.63) is 53.3 Å². The number of rotatable bonds is 2. The predicted octanol–water partition coefficient (Wildman–Crippen LogP) is 4.44. The predicted molar refractivity (Wildman–Crippen MR) is 106 cm³/mol. The molecule has 5 nitrogen and oxygen atoms in total. The van der Waals surface area contributed by atoms with Crippen LogP contribution in [0.25, 0.3) is 10.8 Å². The zero-order chi connectivity index (χ0) is 18.3. The van der Waals surface area contributed by atoms with E-state index >= 15 is 0 Å². The third kappa shape index (κ3) is 3.12. The molecule has 0 atom stereocenters. The van der Waals surface area contributed by atoms with E-state index in [4.69, 9.17) is 0 Å². The average Bonchev–Trinajstić information content (AvgIpc) is 3.02. The van der Waals surface area contributed by atoms with Crippen molar-refractivity contribution in [3.8, 4) is 10.8 Å². The van der Waals surface area contributed by atoms with Crippen LogP contribution in [0.1, 0.15) is 29.2 Å². The van der Waals surface area contributed by atoms with Crippen molar-refractivity contribution < 1.29 is 4.79 Å². The van der Waals surface area contributed by atoms with Gasteiger partial charge in [-0.25, -0.2) is 15.0 Å². The number of thioether (sulfide) groups is 1. The van der Waals surface area contributed by atoms with Crippen LogP contribution in [-0.2, 0) is 0 Å². The highest BCUT2D eigenvalue weighted by atomic mass is 32.2. The second-order valence-corrected chi connectivity index (χ2v) is 9.47. The zero-order valence-corrected chi connectivity index (χ0v) is 16.4. The van der Waals surface area contributed by atoms with E-state index in [9.17, 15) is 4.79 Å². The first-order chi connectivity index (χ1) is 12.4. The number of anilines is 1. The molecule has 0 bridgehead atoms. The fourth-order valence-corrected chi connectivity index (χ4v) is 5.15. The number of para-hydroxylation sites is 1. The molecule has 2 aromatic heterocycles. The van der Waals surface area contributed by atoms with Crippen LogP contribution in [0.4, 0.5) is 5.69 Å². The minimum atomic E-state index is -0.0476. The Morgan fingerprint density at radius 1 is 1.15 bits per heavy atom. The molecule has 26 heavy (non-hydrogen) atoms. The number of aromatic nitrogens is 3. The molecule has 1 aromatic carbocycles. The fraction of sp³-hybridized carbons (Fsp3) is 0.263. The van der Waals surface area contributed by atoms with Crippen LogP contribution in [0.15, 0.2) is 47.6 Å². The SMILES string of the molecule is Cc1nc(-c2ncccn2)sc1C(=O)N1CC(C)(C)Sc2ccccc21. The molecule has 0 spiro atoms. The van der Waals surface area contributed by atoms with E-state index in [0.29, 0.717) is 22.3 Å². The Bertz CT molecular complexity index is 969. The number of amides is 1. The van der Waals surface area contributed by atoms with Gasteiger partial charge in [0.15, 0.2) is 10.8 Å². The molecule has 0 radical (unpaired) electrons. The van der Waals surface area contributed by atoms with Crippen LogP contribution in [0, 0.1) is 6.92 Å². The number of benzene rings is 1. The standard InChI is InChI=1S/C19H18N4OS2/c1-12-15(25-17(22-12)16-20-9-6-10-21-16)18(24)23-11-19(2,3)26-14-8-5-4-7-13(14)23/h4-10H,11H2,1-3H3. The quantitative estimate of drug-likeness (QED) is 0.656. The van der Waals surface area contributed by atoms with Gasteiger partial charge in [-0.3, -0.25) is 4.79 Å². The van der Waals surface area contributed by atoms with Gasteiger partial charge in [0.05, 0.1) is 11.4 Å². The van der Waals surface area contributed by atoms with E-state index in [0.717, 1.165) is 16.3 Å². The smallest absolute Gasteiger partial charge is 0.270 e. The Labute approximate surface area is 160 Å². The summed E-state index contributed by atoms with van der Waals surface area (Å²) in [6.07, 6.45) is 3.36. The summed E-state index contributed by atoms with van der Waals surface area (Å²) in [4.78, 5) is 30.0. The van der Waals surface area contributed by atoms with Gasteiger partial charge in [-0.1, -0.05) is 12.1 Å². The molecule has 1 aliphatic rings. The van der Waals surface area contributed by atoms with Gasteiger partial charge in [0, 0.05) is 28.6 Å². The Balaban J connectivity index is 1.74. The number of fused-ring (bicyclic) bond motifs is 1. The molecule has 1 aliphatic heterocycles. The summed E-state index contributed by atoms with van der Waals surface area (Å²) in [6, 6.07) is 9.83. The summed E-state index contributed by atoms with van der Waals surface area (Å²) in [6.45, 7) is 6.85. The van der Waals surface area contributed by atoms with Crippen molar-refractivity contribution in [2.24, 2.45) is 0 Å². The van der Waals surface area contributed by atoms with Gasteiger partial charge in [0.25, 0.3) is 5.91 Å². The Morgan fingerprint density at radius 2 is 1.88 bits per heavy atom. The first-order valence-electron chi connectivity index (χ1n) is 8.29. The molecule has 1 amide bonds. The van der Waals surface area contributed by atoms with Gasteiger partial charge in [-0.05, 0) is 39.0 Å². The van der Waals surface area contributed by atoms with E-state index in [-0.39, 0.29) is 10.7 Å². The van der Waals surface area contributed by atoms with Gasteiger partial charge in [0.1, 0.15) is 4.88 Å². The first kappa shape index (κ1) is 17.2. The summed E-state index contributed by atoms with van der Waals surface area (Å²) in [5.74, 6) is 0.539. The van der Waals surface area contributed by atoms with Gasteiger partial charge in [-0.15, -0.1) is 23.1 Å². The van der Waals surface area contributed by atoms with Crippen LogP contribution in [0.2, 0.25) is 0 Å². The monoisotopic (exact) mass is 382 g/mol. The van der Waals surface area contributed by atoms with E-state index in [1.54, 1.807) is 18.5 Å². The van der Waals surface area contributed by atoms with Crippen molar-refractivity contribution in [2.45, 2.75) is 30.4 Å². The highest BCUT2D eigenvalue weighted by Crippen LogP contribution is 2.45. The van der Waals surface area contributed by atoms with Crippen molar-refractivity contribution in [3.63, 3.8) is 0 Å². The minimum Gasteiger partial charge on any atom is -0.305 e. The van der Waals surface area contributed by atoms with Gasteiger partial charge >= 0.3 is 0 Å². The zero-order valence-electron chi connectivity index (χ0n) is 14.8. The molecule has 4 rings (SSSR count). The third-order valence-electron chi connectivity index (χ3n) is 4.07. The lowest BCUT2D eigenvalue weighted by atomic mass is 10.1. The van der Waals surface area contributed by atoms with E-state index < -0.39 is 0 Å². The highest BCUT2D eigenvalue weighted by Gasteiger charge is 2.35. The highest BCUT2D eigenvalue weighted by molar-refractivity contribution is 8.00. The second-order valence-electron chi connectivity index (χ2n) is 6.73. The lowest BCUT2D eigenvalue weighted by Gasteiger charge is -2.38. The molecule has 0 N–H and O–H groups in total. The lowest BCUT2D eigenvalue weighted by Crippen LogP contribution is -2.43. The lowest BCUT2D eigenvalue weighted by molar-refractivity contribution is 0.0987. The molecular weight excluding hydrogens is 364 g/mol. The molecule has 3 aromatic rings.